The van der Waals surface area contributed by atoms with Gasteiger partial charge in [-0.1, -0.05) is 6.92 Å². The molecule has 1 saturated heterocycles. The molecule has 0 aliphatic carbocycles. The molecule has 0 aromatic carbocycles. The van der Waals surface area contributed by atoms with Crippen molar-refractivity contribution >= 4 is 11.3 Å². The predicted octanol–water partition coefficient (Wildman–Crippen LogP) is 2.31. The summed E-state index contributed by atoms with van der Waals surface area (Å²) in [5, 5.41) is 8.84. The SMILES string of the molecule is CCC(N)C(c1ccc(C)s1)N1CCC(OCCO)CC1. The lowest BCUT2D eigenvalue weighted by molar-refractivity contribution is -0.0175. The Hall–Kier alpha value is -0.460. The van der Waals surface area contributed by atoms with Crippen LogP contribution in [-0.4, -0.2) is 48.5 Å². The molecule has 2 atom stereocenters. The Kier molecular flexibility index (Phi) is 6.64. The Morgan fingerprint density at radius 3 is 2.67 bits per heavy atom. The topological polar surface area (TPSA) is 58.7 Å². The zero-order valence-electron chi connectivity index (χ0n) is 13.1. The van der Waals surface area contributed by atoms with Gasteiger partial charge < -0.3 is 15.6 Å². The van der Waals surface area contributed by atoms with Gasteiger partial charge in [0.15, 0.2) is 0 Å². The number of hydrogen-bond acceptors (Lipinski definition) is 5. The highest BCUT2D eigenvalue weighted by Gasteiger charge is 2.30. The second-order valence-corrected chi connectivity index (χ2v) is 7.11. The van der Waals surface area contributed by atoms with E-state index in [1.54, 1.807) is 0 Å². The Labute approximate surface area is 131 Å². The van der Waals surface area contributed by atoms with E-state index >= 15 is 0 Å². The molecule has 1 aliphatic heterocycles. The summed E-state index contributed by atoms with van der Waals surface area (Å²) in [4.78, 5) is 5.24. The summed E-state index contributed by atoms with van der Waals surface area (Å²) in [6.45, 7) is 6.91. The molecule has 120 valence electrons. The molecule has 2 rings (SSSR count). The van der Waals surface area contributed by atoms with Crippen molar-refractivity contribution in [3.8, 4) is 0 Å². The number of thiophene rings is 1. The van der Waals surface area contributed by atoms with Crippen molar-refractivity contribution in [2.45, 2.75) is 51.3 Å². The quantitative estimate of drug-likeness (QED) is 0.811. The maximum Gasteiger partial charge on any atom is 0.0701 e. The molecule has 0 spiro atoms. The summed E-state index contributed by atoms with van der Waals surface area (Å²) < 4.78 is 5.65. The van der Waals surface area contributed by atoms with Gasteiger partial charge in [-0.25, -0.2) is 0 Å². The summed E-state index contributed by atoms with van der Waals surface area (Å²) in [6, 6.07) is 4.92. The minimum absolute atomic E-state index is 0.109. The zero-order valence-corrected chi connectivity index (χ0v) is 13.9. The molecule has 0 bridgehead atoms. The maximum atomic E-state index is 8.84. The molecule has 0 amide bonds. The van der Waals surface area contributed by atoms with E-state index in [1.165, 1.54) is 9.75 Å². The van der Waals surface area contributed by atoms with Gasteiger partial charge in [0.05, 0.1) is 25.4 Å². The second kappa shape index (κ2) is 8.25. The molecule has 5 heteroatoms. The first-order valence-electron chi connectivity index (χ1n) is 7.94. The van der Waals surface area contributed by atoms with E-state index in [-0.39, 0.29) is 18.8 Å². The molecule has 1 aliphatic rings. The number of ether oxygens (including phenoxy) is 1. The van der Waals surface area contributed by atoms with Gasteiger partial charge in [0.1, 0.15) is 0 Å². The highest BCUT2D eigenvalue weighted by atomic mass is 32.1. The number of nitrogens with two attached hydrogens (primary N) is 1. The van der Waals surface area contributed by atoms with Gasteiger partial charge in [-0.05, 0) is 38.3 Å². The van der Waals surface area contributed by atoms with Gasteiger partial charge in [-0.3, -0.25) is 4.90 Å². The fourth-order valence-electron chi connectivity index (χ4n) is 3.04. The van der Waals surface area contributed by atoms with Gasteiger partial charge in [-0.2, -0.15) is 0 Å². The van der Waals surface area contributed by atoms with Crippen LogP contribution in [0.15, 0.2) is 12.1 Å². The van der Waals surface area contributed by atoms with E-state index in [1.807, 2.05) is 11.3 Å². The smallest absolute Gasteiger partial charge is 0.0701 e. The highest BCUT2D eigenvalue weighted by Crippen LogP contribution is 2.33. The van der Waals surface area contributed by atoms with Crippen LogP contribution in [0, 0.1) is 6.92 Å². The van der Waals surface area contributed by atoms with Gasteiger partial charge in [0.25, 0.3) is 0 Å². The molecule has 1 aromatic rings. The summed E-state index contributed by atoms with van der Waals surface area (Å²) >= 11 is 1.86. The molecular weight excluding hydrogens is 284 g/mol. The van der Waals surface area contributed by atoms with E-state index in [9.17, 15) is 0 Å². The van der Waals surface area contributed by atoms with Crippen molar-refractivity contribution in [1.82, 2.24) is 4.90 Å². The minimum atomic E-state index is 0.109. The number of rotatable bonds is 7. The average molecular weight is 312 g/mol. The monoisotopic (exact) mass is 312 g/mol. The van der Waals surface area contributed by atoms with E-state index < -0.39 is 0 Å². The van der Waals surface area contributed by atoms with Crippen molar-refractivity contribution in [2.24, 2.45) is 5.73 Å². The van der Waals surface area contributed by atoms with Gasteiger partial charge in [0, 0.05) is 28.9 Å². The minimum Gasteiger partial charge on any atom is -0.394 e. The van der Waals surface area contributed by atoms with E-state index in [0.717, 1.165) is 32.4 Å². The molecule has 2 unspecified atom stereocenters. The number of nitrogens with zero attached hydrogens (tertiary/aromatic N) is 1. The van der Waals surface area contributed by atoms with Crippen molar-refractivity contribution in [3.05, 3.63) is 21.9 Å². The van der Waals surface area contributed by atoms with Crippen molar-refractivity contribution in [1.29, 1.82) is 0 Å². The van der Waals surface area contributed by atoms with Crippen LogP contribution in [0.4, 0.5) is 0 Å². The molecule has 4 nitrogen and oxygen atoms in total. The van der Waals surface area contributed by atoms with Crippen LogP contribution < -0.4 is 5.73 Å². The van der Waals surface area contributed by atoms with Crippen LogP contribution in [0.1, 0.15) is 42.0 Å². The molecular formula is C16H28N2O2S. The first-order chi connectivity index (χ1) is 10.2. The fraction of sp³-hybridized carbons (Fsp3) is 0.750. The van der Waals surface area contributed by atoms with Crippen LogP contribution >= 0.6 is 11.3 Å². The Balaban J connectivity index is 1.99. The molecule has 0 saturated carbocycles. The highest BCUT2D eigenvalue weighted by molar-refractivity contribution is 7.12. The third-order valence-corrected chi connectivity index (χ3v) is 5.32. The van der Waals surface area contributed by atoms with E-state index in [4.69, 9.17) is 15.6 Å². The third-order valence-electron chi connectivity index (χ3n) is 4.24. The van der Waals surface area contributed by atoms with Crippen LogP contribution in [-0.2, 0) is 4.74 Å². The number of aliphatic hydroxyl groups is 1. The summed E-state index contributed by atoms with van der Waals surface area (Å²) in [6.07, 6.45) is 3.33. The zero-order chi connectivity index (χ0) is 15.2. The van der Waals surface area contributed by atoms with E-state index in [2.05, 4.69) is 30.9 Å². The van der Waals surface area contributed by atoms with Crippen molar-refractivity contribution in [2.75, 3.05) is 26.3 Å². The van der Waals surface area contributed by atoms with E-state index in [0.29, 0.717) is 12.6 Å². The summed E-state index contributed by atoms with van der Waals surface area (Å²) in [5.74, 6) is 0. The number of hydrogen-bond donors (Lipinski definition) is 2. The van der Waals surface area contributed by atoms with Crippen LogP contribution in [0.25, 0.3) is 0 Å². The number of aryl methyl sites for hydroxylation is 1. The lowest BCUT2D eigenvalue weighted by Crippen LogP contribution is -2.45. The molecule has 1 aromatic heterocycles. The van der Waals surface area contributed by atoms with Crippen LogP contribution in [0.2, 0.25) is 0 Å². The molecule has 2 heterocycles. The maximum absolute atomic E-state index is 8.84. The first-order valence-corrected chi connectivity index (χ1v) is 8.75. The summed E-state index contributed by atoms with van der Waals surface area (Å²) in [5.41, 5.74) is 6.40. The Bertz CT molecular complexity index is 416. The lowest BCUT2D eigenvalue weighted by atomic mass is 9.98. The van der Waals surface area contributed by atoms with Crippen LogP contribution in [0.5, 0.6) is 0 Å². The average Bonchev–Trinajstić information content (AvgIpc) is 2.92. The second-order valence-electron chi connectivity index (χ2n) is 5.80. The summed E-state index contributed by atoms with van der Waals surface area (Å²) in [7, 11) is 0. The van der Waals surface area contributed by atoms with Crippen molar-refractivity contribution in [3.63, 3.8) is 0 Å². The number of likely N-dealkylation sites (tertiary alicyclic amines) is 1. The van der Waals surface area contributed by atoms with Gasteiger partial charge in [-0.15, -0.1) is 11.3 Å². The molecule has 3 N–H and O–H groups in total. The Morgan fingerprint density at radius 2 is 2.14 bits per heavy atom. The van der Waals surface area contributed by atoms with Gasteiger partial charge >= 0.3 is 0 Å². The normalized spacial score (nSPS) is 20.6. The number of piperidine rings is 1. The molecule has 1 fully saturated rings. The molecule has 0 radical (unpaired) electrons. The first kappa shape index (κ1) is 16.9. The number of aliphatic hydroxyl groups excluding tert-OH is 1. The lowest BCUT2D eigenvalue weighted by Gasteiger charge is -2.39. The van der Waals surface area contributed by atoms with Crippen LogP contribution in [0.3, 0.4) is 0 Å². The predicted molar refractivity (Wildman–Crippen MR) is 87.7 cm³/mol. The van der Waals surface area contributed by atoms with Gasteiger partial charge in [0.2, 0.25) is 0 Å². The standard InChI is InChI=1S/C16H28N2O2S/c1-3-14(17)16(15-5-4-12(2)21-15)18-8-6-13(7-9-18)20-11-10-19/h4-5,13-14,16,19H,3,6-11,17H2,1-2H3. The molecule has 21 heavy (non-hydrogen) atoms. The Morgan fingerprint density at radius 1 is 1.43 bits per heavy atom. The third kappa shape index (κ3) is 4.50. The fourth-order valence-corrected chi connectivity index (χ4v) is 4.13. The largest absolute Gasteiger partial charge is 0.394 e. The van der Waals surface area contributed by atoms with Crippen molar-refractivity contribution < 1.29 is 9.84 Å².